The molecule has 0 radical (unpaired) electrons. The van der Waals surface area contributed by atoms with Crippen LogP contribution in [0.3, 0.4) is 0 Å². The first kappa shape index (κ1) is 10.6. The van der Waals surface area contributed by atoms with E-state index < -0.39 is 6.10 Å². The summed E-state index contributed by atoms with van der Waals surface area (Å²) in [6, 6.07) is 5.66. The molecule has 1 N–H and O–H groups in total. The number of aliphatic hydroxyl groups is 1. The van der Waals surface area contributed by atoms with Gasteiger partial charge in [0.05, 0.1) is 6.10 Å². The Morgan fingerprint density at radius 1 is 1.57 bits per heavy atom. The molecule has 0 aliphatic carbocycles. The molecule has 0 aromatic heterocycles. The van der Waals surface area contributed by atoms with Gasteiger partial charge in [0.2, 0.25) is 0 Å². The second kappa shape index (κ2) is 4.69. The van der Waals surface area contributed by atoms with Gasteiger partial charge in [-0.15, -0.1) is 6.42 Å². The molecule has 0 bridgehead atoms. The number of ether oxygens (including phenoxy) is 1. The van der Waals surface area contributed by atoms with Crippen LogP contribution in [0.2, 0.25) is 0 Å². The monoisotopic (exact) mass is 190 g/mol. The molecule has 0 amide bonds. The average molecular weight is 190 g/mol. The van der Waals surface area contributed by atoms with Gasteiger partial charge in [0, 0.05) is 5.56 Å². The highest BCUT2D eigenvalue weighted by Gasteiger charge is 2.08. The Morgan fingerprint density at radius 2 is 2.29 bits per heavy atom. The summed E-state index contributed by atoms with van der Waals surface area (Å²) < 4.78 is 5.33. The van der Waals surface area contributed by atoms with Crippen LogP contribution < -0.4 is 4.74 Å². The molecule has 1 aromatic carbocycles. The number of hydrogen-bond acceptors (Lipinski definition) is 2. The number of aliphatic hydroxyl groups excluding tert-OH is 1. The molecule has 0 aliphatic rings. The van der Waals surface area contributed by atoms with Crippen LogP contribution in [0.5, 0.6) is 5.75 Å². The van der Waals surface area contributed by atoms with E-state index >= 15 is 0 Å². The number of rotatable bonds is 3. The molecule has 2 nitrogen and oxygen atoms in total. The van der Waals surface area contributed by atoms with Gasteiger partial charge in [-0.2, -0.15) is 0 Å². The number of benzene rings is 1. The first-order valence-corrected chi connectivity index (χ1v) is 4.50. The summed E-state index contributed by atoms with van der Waals surface area (Å²) >= 11 is 0. The zero-order valence-electron chi connectivity index (χ0n) is 8.45. The Bertz CT molecular complexity index is 348. The lowest BCUT2D eigenvalue weighted by Crippen LogP contribution is -2.00. The summed E-state index contributed by atoms with van der Waals surface area (Å²) in [5.74, 6) is 3.06. The molecule has 0 aliphatic heterocycles. The normalized spacial score (nSPS) is 11.9. The highest BCUT2D eigenvalue weighted by Crippen LogP contribution is 2.25. The Balaban J connectivity index is 2.98. The van der Waals surface area contributed by atoms with E-state index in [0.717, 1.165) is 11.1 Å². The maximum atomic E-state index is 9.46. The van der Waals surface area contributed by atoms with E-state index in [-0.39, 0.29) is 6.61 Å². The molecule has 1 atom stereocenters. The van der Waals surface area contributed by atoms with Crippen LogP contribution in [0.25, 0.3) is 0 Å². The fourth-order valence-corrected chi connectivity index (χ4v) is 1.23. The molecule has 0 saturated heterocycles. The molecular formula is C12H14O2. The van der Waals surface area contributed by atoms with E-state index in [0.29, 0.717) is 5.75 Å². The SMILES string of the molecule is C#CCOc1cc(C)ccc1[C@H](C)O. The molecular weight excluding hydrogens is 176 g/mol. The molecule has 14 heavy (non-hydrogen) atoms. The van der Waals surface area contributed by atoms with Crippen LogP contribution in [-0.2, 0) is 0 Å². The van der Waals surface area contributed by atoms with Gasteiger partial charge in [-0.25, -0.2) is 0 Å². The molecule has 0 saturated carbocycles. The topological polar surface area (TPSA) is 29.5 Å². The summed E-state index contributed by atoms with van der Waals surface area (Å²) in [4.78, 5) is 0. The number of hydrogen-bond donors (Lipinski definition) is 1. The van der Waals surface area contributed by atoms with E-state index in [9.17, 15) is 5.11 Å². The molecule has 74 valence electrons. The molecule has 1 rings (SSSR count). The van der Waals surface area contributed by atoms with E-state index in [4.69, 9.17) is 11.2 Å². The fourth-order valence-electron chi connectivity index (χ4n) is 1.23. The van der Waals surface area contributed by atoms with Crippen LogP contribution in [0, 0.1) is 19.3 Å². The standard InChI is InChI=1S/C12H14O2/c1-4-7-14-12-8-9(2)5-6-11(12)10(3)13/h1,5-6,8,10,13H,7H2,2-3H3/t10-/m0/s1. The molecule has 2 heteroatoms. The lowest BCUT2D eigenvalue weighted by Gasteiger charge is -2.12. The van der Waals surface area contributed by atoms with Gasteiger partial charge < -0.3 is 9.84 Å². The third-order valence-electron chi connectivity index (χ3n) is 1.93. The average Bonchev–Trinajstić information content (AvgIpc) is 2.14. The molecule has 0 unspecified atom stereocenters. The lowest BCUT2D eigenvalue weighted by molar-refractivity contribution is 0.193. The van der Waals surface area contributed by atoms with Crippen molar-refractivity contribution in [3.05, 3.63) is 29.3 Å². The van der Waals surface area contributed by atoms with Crippen molar-refractivity contribution in [1.82, 2.24) is 0 Å². The minimum Gasteiger partial charge on any atom is -0.481 e. The Kier molecular flexibility index (Phi) is 3.55. The minimum absolute atomic E-state index is 0.225. The van der Waals surface area contributed by atoms with Crippen LogP contribution >= 0.6 is 0 Å². The summed E-state index contributed by atoms with van der Waals surface area (Å²) in [7, 11) is 0. The van der Waals surface area contributed by atoms with E-state index in [1.54, 1.807) is 6.92 Å². The Morgan fingerprint density at radius 3 is 2.86 bits per heavy atom. The van der Waals surface area contributed by atoms with Crippen molar-refractivity contribution in [1.29, 1.82) is 0 Å². The first-order valence-electron chi connectivity index (χ1n) is 4.50. The zero-order chi connectivity index (χ0) is 10.6. The van der Waals surface area contributed by atoms with Gasteiger partial charge in [0.15, 0.2) is 0 Å². The van der Waals surface area contributed by atoms with Crippen LogP contribution in [0.15, 0.2) is 18.2 Å². The largest absolute Gasteiger partial charge is 0.481 e. The van der Waals surface area contributed by atoms with Gasteiger partial charge in [0.25, 0.3) is 0 Å². The van der Waals surface area contributed by atoms with Crippen LogP contribution in [0.1, 0.15) is 24.2 Å². The number of aryl methyl sites for hydroxylation is 1. The Labute approximate surface area is 84.5 Å². The third-order valence-corrected chi connectivity index (χ3v) is 1.93. The minimum atomic E-state index is -0.539. The highest BCUT2D eigenvalue weighted by molar-refractivity contribution is 5.38. The van der Waals surface area contributed by atoms with Crippen molar-refractivity contribution in [3.63, 3.8) is 0 Å². The van der Waals surface area contributed by atoms with Crippen molar-refractivity contribution >= 4 is 0 Å². The molecule has 0 fully saturated rings. The zero-order valence-corrected chi connectivity index (χ0v) is 8.45. The van der Waals surface area contributed by atoms with Crippen molar-refractivity contribution < 1.29 is 9.84 Å². The van der Waals surface area contributed by atoms with Crippen molar-refractivity contribution in [2.24, 2.45) is 0 Å². The van der Waals surface area contributed by atoms with E-state index in [1.165, 1.54) is 0 Å². The quantitative estimate of drug-likeness (QED) is 0.739. The van der Waals surface area contributed by atoms with Crippen molar-refractivity contribution in [3.8, 4) is 18.1 Å². The van der Waals surface area contributed by atoms with Gasteiger partial charge in [-0.3, -0.25) is 0 Å². The van der Waals surface area contributed by atoms with Crippen molar-refractivity contribution in [2.75, 3.05) is 6.61 Å². The van der Waals surface area contributed by atoms with Gasteiger partial charge in [-0.1, -0.05) is 18.1 Å². The van der Waals surface area contributed by atoms with Crippen LogP contribution in [0.4, 0.5) is 0 Å². The lowest BCUT2D eigenvalue weighted by atomic mass is 10.1. The van der Waals surface area contributed by atoms with E-state index in [1.807, 2.05) is 25.1 Å². The summed E-state index contributed by atoms with van der Waals surface area (Å²) in [6.07, 6.45) is 4.56. The van der Waals surface area contributed by atoms with Gasteiger partial charge in [-0.05, 0) is 25.5 Å². The van der Waals surface area contributed by atoms with Gasteiger partial charge >= 0.3 is 0 Å². The summed E-state index contributed by atoms with van der Waals surface area (Å²) in [5, 5.41) is 9.46. The smallest absolute Gasteiger partial charge is 0.148 e. The molecule has 1 aromatic rings. The third kappa shape index (κ3) is 2.51. The second-order valence-corrected chi connectivity index (χ2v) is 3.21. The second-order valence-electron chi connectivity index (χ2n) is 3.21. The highest BCUT2D eigenvalue weighted by atomic mass is 16.5. The first-order chi connectivity index (χ1) is 6.65. The summed E-state index contributed by atoms with van der Waals surface area (Å²) in [6.45, 7) is 3.89. The number of terminal acetylenes is 1. The van der Waals surface area contributed by atoms with Crippen LogP contribution in [-0.4, -0.2) is 11.7 Å². The molecule has 0 heterocycles. The maximum Gasteiger partial charge on any atom is 0.148 e. The fraction of sp³-hybridized carbons (Fsp3) is 0.333. The van der Waals surface area contributed by atoms with Crippen molar-refractivity contribution in [2.45, 2.75) is 20.0 Å². The Hall–Kier alpha value is -1.46. The molecule has 0 spiro atoms. The van der Waals surface area contributed by atoms with Gasteiger partial charge in [0.1, 0.15) is 12.4 Å². The van der Waals surface area contributed by atoms with E-state index in [2.05, 4.69) is 5.92 Å². The maximum absolute atomic E-state index is 9.46. The predicted molar refractivity (Wildman–Crippen MR) is 56.1 cm³/mol. The predicted octanol–water partition coefficient (Wildman–Crippen LogP) is 2.06. The summed E-state index contributed by atoms with van der Waals surface area (Å²) in [5.41, 5.74) is 1.85.